The van der Waals surface area contributed by atoms with Crippen molar-refractivity contribution >= 4 is 18.4 Å². The van der Waals surface area contributed by atoms with Gasteiger partial charge in [-0.05, 0) is 24.4 Å². The van der Waals surface area contributed by atoms with E-state index in [1.807, 2.05) is 30.3 Å². The predicted octanol–water partition coefficient (Wildman–Crippen LogP) is 1.41. The Bertz CT molecular complexity index is 355. The summed E-state index contributed by atoms with van der Waals surface area (Å²) in [4.78, 5) is 11.2. The molecule has 82 valence electrons. The van der Waals surface area contributed by atoms with Crippen molar-refractivity contribution in [1.82, 2.24) is 0 Å². The van der Waals surface area contributed by atoms with Gasteiger partial charge in [0.15, 0.2) is 0 Å². The Morgan fingerprint density at radius 1 is 1.47 bits per heavy atom. The van der Waals surface area contributed by atoms with Crippen LogP contribution in [-0.4, -0.2) is 17.6 Å². The van der Waals surface area contributed by atoms with Crippen molar-refractivity contribution in [1.29, 1.82) is 0 Å². The van der Waals surface area contributed by atoms with Crippen LogP contribution in [0.5, 0.6) is 0 Å². The fourth-order valence-corrected chi connectivity index (χ4v) is 2.09. The molecule has 2 atom stereocenters. The molecular formula is C11H14ClNO2. The molecule has 1 aromatic carbocycles. The highest BCUT2D eigenvalue weighted by atomic mass is 35.5. The average Bonchev–Trinajstić information content (AvgIpc) is 2.94. The van der Waals surface area contributed by atoms with Gasteiger partial charge < -0.3 is 10.8 Å². The molecule has 1 aromatic rings. The summed E-state index contributed by atoms with van der Waals surface area (Å²) in [5, 5.41) is 9.20. The summed E-state index contributed by atoms with van der Waals surface area (Å²) in [6, 6.07) is 9.35. The molecule has 0 bridgehead atoms. The van der Waals surface area contributed by atoms with Crippen molar-refractivity contribution < 1.29 is 9.90 Å². The minimum atomic E-state index is -0.751. The molecule has 0 radical (unpaired) electrons. The van der Waals surface area contributed by atoms with Gasteiger partial charge in [-0.15, -0.1) is 12.4 Å². The minimum absolute atomic E-state index is 0. The number of carbonyl (C=O) groups is 1. The Labute approximate surface area is 94.7 Å². The Hall–Kier alpha value is -1.06. The number of aliphatic carboxylic acids is 1. The molecule has 0 aromatic heterocycles. The number of halogens is 1. The van der Waals surface area contributed by atoms with Crippen LogP contribution in [0.25, 0.3) is 0 Å². The molecule has 0 spiro atoms. The molecule has 1 aliphatic carbocycles. The second-order valence-corrected chi connectivity index (χ2v) is 3.78. The highest BCUT2D eigenvalue weighted by Gasteiger charge is 2.60. The normalized spacial score (nSPS) is 27.9. The summed E-state index contributed by atoms with van der Waals surface area (Å²) in [6.45, 7) is 0.446. The van der Waals surface area contributed by atoms with E-state index in [4.69, 9.17) is 5.73 Å². The maximum absolute atomic E-state index is 11.2. The molecule has 1 aliphatic rings. The fraction of sp³-hybridized carbons (Fsp3) is 0.364. The third-order valence-corrected chi connectivity index (χ3v) is 3.06. The third kappa shape index (κ3) is 1.73. The molecule has 0 saturated heterocycles. The van der Waals surface area contributed by atoms with Gasteiger partial charge in [-0.2, -0.15) is 0 Å². The molecule has 0 heterocycles. The van der Waals surface area contributed by atoms with Crippen LogP contribution < -0.4 is 5.73 Å². The lowest BCUT2D eigenvalue weighted by molar-refractivity contribution is -0.140. The monoisotopic (exact) mass is 227 g/mol. The number of rotatable bonds is 3. The first-order valence-electron chi connectivity index (χ1n) is 4.71. The molecule has 3 nitrogen and oxygen atoms in total. The van der Waals surface area contributed by atoms with E-state index in [1.165, 1.54) is 0 Å². The van der Waals surface area contributed by atoms with Gasteiger partial charge in [0, 0.05) is 0 Å². The quantitative estimate of drug-likeness (QED) is 0.821. The van der Waals surface area contributed by atoms with Crippen molar-refractivity contribution in [2.24, 2.45) is 11.7 Å². The topological polar surface area (TPSA) is 63.3 Å². The lowest BCUT2D eigenvalue weighted by Gasteiger charge is -2.11. The Morgan fingerprint density at radius 3 is 2.47 bits per heavy atom. The molecular weight excluding hydrogens is 214 g/mol. The Kier molecular flexibility index (Phi) is 3.37. The second kappa shape index (κ2) is 4.21. The summed E-state index contributed by atoms with van der Waals surface area (Å²) < 4.78 is 0. The van der Waals surface area contributed by atoms with Crippen molar-refractivity contribution in [2.45, 2.75) is 11.8 Å². The zero-order valence-corrected chi connectivity index (χ0v) is 9.04. The number of hydrogen-bond donors (Lipinski definition) is 2. The maximum Gasteiger partial charge on any atom is 0.314 e. The SMILES string of the molecule is Cl.NC[C@H]1C[C@]1(C(=O)O)c1ccccc1. The van der Waals surface area contributed by atoms with Crippen molar-refractivity contribution in [3.8, 4) is 0 Å². The summed E-state index contributed by atoms with van der Waals surface area (Å²) in [5.41, 5.74) is 5.70. The van der Waals surface area contributed by atoms with Gasteiger partial charge in [0.2, 0.25) is 0 Å². The lowest BCUT2D eigenvalue weighted by Crippen LogP contribution is -2.25. The largest absolute Gasteiger partial charge is 0.481 e. The Morgan fingerprint density at radius 2 is 2.07 bits per heavy atom. The van der Waals surface area contributed by atoms with Crippen LogP contribution in [-0.2, 0) is 10.2 Å². The molecule has 1 saturated carbocycles. The van der Waals surface area contributed by atoms with Gasteiger partial charge in [-0.1, -0.05) is 30.3 Å². The summed E-state index contributed by atoms with van der Waals surface area (Å²) in [5.74, 6) is -0.651. The zero-order valence-electron chi connectivity index (χ0n) is 8.22. The standard InChI is InChI=1S/C11H13NO2.ClH/c12-7-9-6-11(9,10(13)14)8-4-2-1-3-5-8;/h1-5,9H,6-7,12H2,(H,13,14);1H/t9-,11+;/m1./s1. The molecule has 15 heavy (non-hydrogen) atoms. The van der Waals surface area contributed by atoms with E-state index >= 15 is 0 Å². The minimum Gasteiger partial charge on any atom is -0.481 e. The van der Waals surface area contributed by atoms with Crippen molar-refractivity contribution in [2.75, 3.05) is 6.54 Å². The van der Waals surface area contributed by atoms with Crippen LogP contribution in [0.2, 0.25) is 0 Å². The van der Waals surface area contributed by atoms with E-state index in [0.717, 1.165) is 5.56 Å². The van der Waals surface area contributed by atoms with E-state index in [1.54, 1.807) is 0 Å². The van der Waals surface area contributed by atoms with E-state index in [0.29, 0.717) is 13.0 Å². The van der Waals surface area contributed by atoms with Crippen molar-refractivity contribution in [3.63, 3.8) is 0 Å². The number of carboxylic acids is 1. The average molecular weight is 228 g/mol. The molecule has 4 heteroatoms. The van der Waals surface area contributed by atoms with Crippen LogP contribution in [0.4, 0.5) is 0 Å². The first-order valence-corrected chi connectivity index (χ1v) is 4.71. The number of hydrogen-bond acceptors (Lipinski definition) is 2. The summed E-state index contributed by atoms with van der Waals surface area (Å²) in [7, 11) is 0. The summed E-state index contributed by atoms with van der Waals surface area (Å²) in [6.07, 6.45) is 0.669. The second-order valence-electron chi connectivity index (χ2n) is 3.78. The molecule has 2 rings (SSSR count). The van der Waals surface area contributed by atoms with E-state index in [9.17, 15) is 9.90 Å². The van der Waals surface area contributed by atoms with Crippen LogP contribution in [0.3, 0.4) is 0 Å². The molecule has 0 aliphatic heterocycles. The lowest BCUT2D eigenvalue weighted by atomic mass is 9.93. The first kappa shape index (κ1) is 12.0. The highest BCUT2D eigenvalue weighted by Crippen LogP contribution is 2.53. The maximum atomic E-state index is 11.2. The van der Waals surface area contributed by atoms with Crippen LogP contribution in [0, 0.1) is 5.92 Å². The fourth-order valence-electron chi connectivity index (χ4n) is 2.09. The van der Waals surface area contributed by atoms with Crippen LogP contribution in [0.1, 0.15) is 12.0 Å². The first-order chi connectivity index (χ1) is 6.71. The molecule has 0 amide bonds. The van der Waals surface area contributed by atoms with Gasteiger partial charge in [0.1, 0.15) is 0 Å². The van der Waals surface area contributed by atoms with Gasteiger partial charge in [-0.3, -0.25) is 4.79 Å². The Balaban J connectivity index is 0.00000112. The van der Waals surface area contributed by atoms with E-state index in [2.05, 4.69) is 0 Å². The van der Waals surface area contributed by atoms with Crippen LogP contribution in [0.15, 0.2) is 30.3 Å². The van der Waals surface area contributed by atoms with Gasteiger partial charge in [0.25, 0.3) is 0 Å². The summed E-state index contributed by atoms with van der Waals surface area (Å²) >= 11 is 0. The number of carboxylic acid groups (broad SMARTS) is 1. The molecule has 1 fully saturated rings. The number of nitrogens with two attached hydrogens (primary N) is 1. The molecule has 0 unspecified atom stereocenters. The van der Waals surface area contributed by atoms with Gasteiger partial charge in [0.05, 0.1) is 5.41 Å². The van der Waals surface area contributed by atoms with Crippen molar-refractivity contribution in [3.05, 3.63) is 35.9 Å². The van der Waals surface area contributed by atoms with Crippen LogP contribution >= 0.6 is 12.4 Å². The van der Waals surface area contributed by atoms with Gasteiger partial charge in [-0.25, -0.2) is 0 Å². The van der Waals surface area contributed by atoms with Gasteiger partial charge >= 0.3 is 5.97 Å². The highest BCUT2D eigenvalue weighted by molar-refractivity contribution is 5.86. The molecule has 3 N–H and O–H groups in total. The van der Waals surface area contributed by atoms with E-state index in [-0.39, 0.29) is 18.3 Å². The number of benzene rings is 1. The predicted molar refractivity (Wildman–Crippen MR) is 60.2 cm³/mol. The van der Waals surface area contributed by atoms with E-state index < -0.39 is 11.4 Å². The third-order valence-electron chi connectivity index (χ3n) is 3.06. The smallest absolute Gasteiger partial charge is 0.314 e. The zero-order chi connectivity index (χ0) is 10.2.